The summed E-state index contributed by atoms with van der Waals surface area (Å²) in [6, 6.07) is 0. The molecule has 5 N–H and O–H groups in total. The molecule has 0 aliphatic rings. The van der Waals surface area contributed by atoms with E-state index in [2.05, 4.69) is 0 Å². The first-order valence-electron chi connectivity index (χ1n) is 2.54. The molecular weight excluding hydrogens is 104 g/mol. The molecule has 0 aromatic rings. The number of guanidine groups is 1. The normalized spacial score (nSPS) is 8.75. The van der Waals surface area contributed by atoms with Crippen molar-refractivity contribution in [3.63, 3.8) is 0 Å². The van der Waals surface area contributed by atoms with Gasteiger partial charge in [0.05, 0.1) is 0 Å². The molecular formula is C4H12N4. The Morgan fingerprint density at radius 3 is 2.38 bits per heavy atom. The van der Waals surface area contributed by atoms with Crippen LogP contribution in [0.1, 0.15) is 13.3 Å². The molecule has 0 atom stereocenters. The number of nitrogens with zero attached hydrogens (tertiary/aromatic N) is 1. The van der Waals surface area contributed by atoms with E-state index in [0.29, 0.717) is 6.54 Å². The van der Waals surface area contributed by atoms with Gasteiger partial charge in [-0.05, 0) is 6.42 Å². The maximum Gasteiger partial charge on any atom is 0.202 e. The number of hydrogen-bond acceptors (Lipinski definition) is 2. The molecule has 0 rings (SSSR count). The zero-order chi connectivity index (χ0) is 6.57. The molecule has 0 radical (unpaired) electrons. The largest absolute Gasteiger partial charge is 0.369 e. The standard InChI is InChI=1S/C4H12N4/c1-2-3-8(7)4(5)6/h2-3,7H2,1H3,(H3,5,6). The number of hydrazine groups is 1. The average molecular weight is 116 g/mol. The molecule has 0 unspecified atom stereocenters. The third-order valence-electron chi connectivity index (χ3n) is 0.774. The predicted molar refractivity (Wildman–Crippen MR) is 33.1 cm³/mol. The first-order chi connectivity index (χ1) is 3.68. The minimum Gasteiger partial charge on any atom is -0.369 e. The van der Waals surface area contributed by atoms with E-state index in [9.17, 15) is 0 Å². The summed E-state index contributed by atoms with van der Waals surface area (Å²) in [5.74, 6) is 5.13. The van der Waals surface area contributed by atoms with Crippen LogP contribution in [-0.2, 0) is 0 Å². The van der Waals surface area contributed by atoms with Gasteiger partial charge in [0, 0.05) is 6.54 Å². The number of nitrogens with two attached hydrogens (primary N) is 2. The molecule has 0 saturated carbocycles. The van der Waals surface area contributed by atoms with E-state index in [1.807, 2.05) is 6.92 Å². The molecule has 0 heterocycles. The molecule has 0 aliphatic carbocycles. The lowest BCUT2D eigenvalue weighted by Gasteiger charge is -2.13. The minimum atomic E-state index is -0.0770. The Hall–Kier alpha value is -0.770. The van der Waals surface area contributed by atoms with Crippen LogP contribution in [-0.4, -0.2) is 17.5 Å². The SMILES string of the molecule is CCCN(N)C(=N)N. The van der Waals surface area contributed by atoms with E-state index in [1.165, 1.54) is 5.01 Å². The number of nitrogens with one attached hydrogen (secondary N) is 1. The van der Waals surface area contributed by atoms with Gasteiger partial charge in [-0.15, -0.1) is 0 Å². The van der Waals surface area contributed by atoms with E-state index >= 15 is 0 Å². The fourth-order valence-corrected chi connectivity index (χ4v) is 0.361. The van der Waals surface area contributed by atoms with Crippen molar-refractivity contribution in [2.24, 2.45) is 11.6 Å². The van der Waals surface area contributed by atoms with Crippen LogP contribution in [0.15, 0.2) is 0 Å². The second kappa shape index (κ2) is 3.26. The predicted octanol–water partition coefficient (Wildman–Crippen LogP) is -0.534. The Bertz CT molecular complexity index is 80.1. The van der Waals surface area contributed by atoms with Crippen LogP contribution in [0.25, 0.3) is 0 Å². The van der Waals surface area contributed by atoms with Crippen LogP contribution in [0.3, 0.4) is 0 Å². The molecule has 0 fully saturated rings. The van der Waals surface area contributed by atoms with Gasteiger partial charge in [-0.3, -0.25) is 10.4 Å². The highest BCUT2D eigenvalue weighted by molar-refractivity contribution is 5.73. The fraction of sp³-hybridized carbons (Fsp3) is 0.750. The molecule has 0 amide bonds. The highest BCUT2D eigenvalue weighted by Gasteiger charge is 1.94. The van der Waals surface area contributed by atoms with Crippen molar-refractivity contribution in [1.82, 2.24) is 5.01 Å². The maximum atomic E-state index is 6.78. The smallest absolute Gasteiger partial charge is 0.202 e. The van der Waals surface area contributed by atoms with Gasteiger partial charge in [0.2, 0.25) is 5.96 Å². The molecule has 8 heavy (non-hydrogen) atoms. The summed E-state index contributed by atoms with van der Waals surface area (Å²) in [5, 5.41) is 7.99. The molecule has 4 nitrogen and oxygen atoms in total. The highest BCUT2D eigenvalue weighted by Crippen LogP contribution is 1.77. The Labute approximate surface area is 48.9 Å². The Morgan fingerprint density at radius 1 is 1.75 bits per heavy atom. The zero-order valence-electron chi connectivity index (χ0n) is 5.02. The summed E-state index contributed by atoms with van der Waals surface area (Å²) in [7, 11) is 0. The van der Waals surface area contributed by atoms with Crippen molar-refractivity contribution in [2.45, 2.75) is 13.3 Å². The third-order valence-corrected chi connectivity index (χ3v) is 0.774. The van der Waals surface area contributed by atoms with E-state index in [1.54, 1.807) is 0 Å². The monoisotopic (exact) mass is 116 g/mol. The lowest BCUT2D eigenvalue weighted by Crippen LogP contribution is -2.42. The van der Waals surface area contributed by atoms with Gasteiger partial charge in [-0.2, -0.15) is 0 Å². The van der Waals surface area contributed by atoms with Gasteiger partial charge in [0.25, 0.3) is 0 Å². The van der Waals surface area contributed by atoms with Gasteiger partial charge < -0.3 is 5.73 Å². The Kier molecular flexibility index (Phi) is 2.95. The van der Waals surface area contributed by atoms with Crippen LogP contribution in [0.2, 0.25) is 0 Å². The van der Waals surface area contributed by atoms with E-state index in [4.69, 9.17) is 17.0 Å². The van der Waals surface area contributed by atoms with Crippen LogP contribution < -0.4 is 11.6 Å². The first kappa shape index (κ1) is 7.23. The number of rotatable bonds is 2. The topological polar surface area (TPSA) is 79.1 Å². The van der Waals surface area contributed by atoms with Gasteiger partial charge >= 0.3 is 0 Å². The van der Waals surface area contributed by atoms with Gasteiger partial charge in [-0.25, -0.2) is 5.84 Å². The summed E-state index contributed by atoms with van der Waals surface area (Å²) in [5.41, 5.74) is 5.01. The molecule has 0 aromatic heterocycles. The summed E-state index contributed by atoms with van der Waals surface area (Å²) >= 11 is 0. The molecule has 0 aromatic carbocycles. The van der Waals surface area contributed by atoms with Crippen LogP contribution in [0.5, 0.6) is 0 Å². The minimum absolute atomic E-state index is 0.0770. The molecule has 0 spiro atoms. The molecule has 0 bridgehead atoms. The maximum absolute atomic E-state index is 6.78. The Morgan fingerprint density at radius 2 is 2.25 bits per heavy atom. The quantitative estimate of drug-likeness (QED) is 0.196. The van der Waals surface area contributed by atoms with E-state index in [-0.39, 0.29) is 5.96 Å². The van der Waals surface area contributed by atoms with Crippen molar-refractivity contribution in [3.05, 3.63) is 0 Å². The zero-order valence-corrected chi connectivity index (χ0v) is 5.02. The summed E-state index contributed by atoms with van der Waals surface area (Å²) in [4.78, 5) is 0. The van der Waals surface area contributed by atoms with Crippen molar-refractivity contribution < 1.29 is 0 Å². The molecule has 4 heteroatoms. The fourth-order valence-electron chi connectivity index (χ4n) is 0.361. The average Bonchev–Trinajstić information content (AvgIpc) is 1.67. The molecule has 48 valence electrons. The second-order valence-electron chi connectivity index (χ2n) is 1.58. The van der Waals surface area contributed by atoms with Crippen molar-refractivity contribution in [3.8, 4) is 0 Å². The summed E-state index contributed by atoms with van der Waals surface area (Å²) < 4.78 is 0. The Balaban J connectivity index is 3.32. The lowest BCUT2D eigenvalue weighted by atomic mass is 10.5. The summed E-state index contributed by atoms with van der Waals surface area (Å²) in [6.45, 7) is 2.62. The van der Waals surface area contributed by atoms with Gasteiger partial charge in [0.15, 0.2) is 0 Å². The van der Waals surface area contributed by atoms with Crippen molar-refractivity contribution in [1.29, 1.82) is 5.41 Å². The van der Waals surface area contributed by atoms with Crippen LogP contribution in [0.4, 0.5) is 0 Å². The van der Waals surface area contributed by atoms with Crippen LogP contribution in [0, 0.1) is 5.41 Å². The van der Waals surface area contributed by atoms with Crippen molar-refractivity contribution in [2.75, 3.05) is 6.54 Å². The van der Waals surface area contributed by atoms with E-state index < -0.39 is 0 Å². The van der Waals surface area contributed by atoms with Crippen molar-refractivity contribution >= 4 is 5.96 Å². The van der Waals surface area contributed by atoms with Crippen LogP contribution >= 0.6 is 0 Å². The first-order valence-corrected chi connectivity index (χ1v) is 2.54. The number of hydrogen-bond donors (Lipinski definition) is 3. The second-order valence-corrected chi connectivity index (χ2v) is 1.58. The van der Waals surface area contributed by atoms with E-state index in [0.717, 1.165) is 6.42 Å². The molecule has 0 saturated heterocycles. The van der Waals surface area contributed by atoms with Gasteiger partial charge in [-0.1, -0.05) is 6.92 Å². The highest BCUT2D eigenvalue weighted by atomic mass is 15.4. The lowest BCUT2D eigenvalue weighted by molar-refractivity contribution is 0.430. The van der Waals surface area contributed by atoms with Gasteiger partial charge in [0.1, 0.15) is 0 Å². The molecule has 0 aliphatic heterocycles. The summed E-state index contributed by atoms with van der Waals surface area (Å²) in [6.07, 6.45) is 0.913. The third kappa shape index (κ3) is 2.41.